The molecule has 9 nitrogen and oxygen atoms in total. The minimum atomic E-state index is -0.120. The number of nitrogens with zero attached hydrogens (tertiary/aromatic N) is 6. The number of aromatic nitrogens is 6. The predicted molar refractivity (Wildman–Crippen MR) is 99.5 cm³/mol. The van der Waals surface area contributed by atoms with Gasteiger partial charge in [-0.05, 0) is 32.9 Å². The van der Waals surface area contributed by atoms with E-state index in [0.29, 0.717) is 11.1 Å². The number of hydrazone groups is 1. The number of anilines is 1. The average molecular weight is 370 g/mol. The van der Waals surface area contributed by atoms with Crippen LogP contribution in [0, 0.1) is 13.8 Å². The van der Waals surface area contributed by atoms with E-state index in [0.717, 1.165) is 22.7 Å². The number of carbonyl (C=O) groups excluding carboxylic acids is 1. The highest BCUT2D eigenvalue weighted by molar-refractivity contribution is 7.99. The fraction of sp³-hybridized carbons (Fsp3) is 0.250. The van der Waals surface area contributed by atoms with Crippen molar-refractivity contribution < 1.29 is 4.79 Å². The first-order valence-corrected chi connectivity index (χ1v) is 8.84. The zero-order valence-electron chi connectivity index (χ0n) is 14.6. The summed E-state index contributed by atoms with van der Waals surface area (Å²) in [4.78, 5) is 20.5. The van der Waals surface area contributed by atoms with Crippen LogP contribution in [0.2, 0.25) is 0 Å². The summed E-state index contributed by atoms with van der Waals surface area (Å²) >= 11 is 1.23. The molecule has 0 bridgehead atoms. The maximum atomic E-state index is 12.2. The van der Waals surface area contributed by atoms with Crippen molar-refractivity contribution in [2.45, 2.75) is 25.9 Å². The first-order valence-electron chi connectivity index (χ1n) is 7.85. The van der Waals surface area contributed by atoms with Crippen LogP contribution in [0.15, 0.2) is 40.9 Å². The van der Waals surface area contributed by atoms with Crippen molar-refractivity contribution in [1.82, 2.24) is 29.9 Å². The third kappa shape index (κ3) is 4.33. The number of aryl methyl sites for hydroxylation is 2. The summed E-state index contributed by atoms with van der Waals surface area (Å²) in [5.41, 5.74) is 6.11. The highest BCUT2D eigenvalue weighted by atomic mass is 32.2. The summed E-state index contributed by atoms with van der Waals surface area (Å²) in [7, 11) is 0. The first-order chi connectivity index (χ1) is 12.5. The second kappa shape index (κ2) is 7.91. The summed E-state index contributed by atoms with van der Waals surface area (Å²) in [6.45, 7) is 5.56. The van der Waals surface area contributed by atoms with E-state index in [1.54, 1.807) is 12.4 Å². The Balaban J connectivity index is 1.56. The Bertz CT molecular complexity index is 931. The molecule has 0 amide bonds. The molecule has 0 atom stereocenters. The average Bonchev–Trinajstić information content (AvgIpc) is 3.24. The van der Waals surface area contributed by atoms with Crippen molar-refractivity contribution >= 4 is 29.3 Å². The molecule has 0 unspecified atom stereocenters. The first kappa shape index (κ1) is 17.8. The molecule has 3 rings (SSSR count). The van der Waals surface area contributed by atoms with E-state index in [-0.39, 0.29) is 11.7 Å². The molecule has 0 aliphatic carbocycles. The smallest absolute Gasteiger partial charge is 0.257 e. The summed E-state index contributed by atoms with van der Waals surface area (Å²) in [6.07, 6.45) is 3.43. The van der Waals surface area contributed by atoms with E-state index < -0.39 is 0 Å². The van der Waals surface area contributed by atoms with Gasteiger partial charge in [-0.2, -0.15) is 15.2 Å². The molecule has 134 valence electrons. The molecule has 0 saturated carbocycles. The van der Waals surface area contributed by atoms with E-state index in [2.05, 4.69) is 35.8 Å². The topological polar surface area (TPSA) is 114 Å². The van der Waals surface area contributed by atoms with Crippen LogP contribution >= 0.6 is 11.8 Å². The van der Waals surface area contributed by atoms with Gasteiger partial charge in [-0.1, -0.05) is 17.8 Å². The molecule has 3 heterocycles. The normalized spacial score (nSPS) is 11.6. The molecule has 0 fully saturated rings. The molecule has 0 aliphatic heterocycles. The van der Waals surface area contributed by atoms with E-state index >= 15 is 0 Å². The number of nitrogens with one attached hydrogen (secondary N) is 2. The lowest BCUT2D eigenvalue weighted by atomic mass is 10.2. The third-order valence-electron chi connectivity index (χ3n) is 3.44. The number of rotatable bonds is 6. The Morgan fingerprint density at radius 1 is 1.42 bits per heavy atom. The molecular weight excluding hydrogens is 352 g/mol. The fourth-order valence-corrected chi connectivity index (χ4v) is 2.85. The van der Waals surface area contributed by atoms with Gasteiger partial charge in [0.15, 0.2) is 0 Å². The minimum absolute atomic E-state index is 0.120. The number of H-pyrrole nitrogens is 1. The van der Waals surface area contributed by atoms with Crippen LogP contribution in [0.1, 0.15) is 28.7 Å². The molecule has 10 heteroatoms. The van der Waals surface area contributed by atoms with E-state index in [9.17, 15) is 4.79 Å². The van der Waals surface area contributed by atoms with Crippen molar-refractivity contribution in [2.75, 3.05) is 11.2 Å². The van der Waals surface area contributed by atoms with Crippen LogP contribution in [-0.4, -0.2) is 47.3 Å². The monoisotopic (exact) mass is 370 g/mol. The zero-order valence-corrected chi connectivity index (χ0v) is 15.4. The van der Waals surface area contributed by atoms with Gasteiger partial charge in [-0.25, -0.2) is 15.2 Å². The minimum Gasteiger partial charge on any atom is -0.272 e. The largest absolute Gasteiger partial charge is 0.272 e. The van der Waals surface area contributed by atoms with Crippen LogP contribution in [0.25, 0.3) is 0 Å². The van der Waals surface area contributed by atoms with Gasteiger partial charge in [0.25, 0.3) is 5.91 Å². The van der Waals surface area contributed by atoms with Gasteiger partial charge < -0.3 is 0 Å². The molecule has 0 saturated heterocycles. The number of pyridine rings is 1. The zero-order chi connectivity index (χ0) is 18.5. The summed E-state index contributed by atoms with van der Waals surface area (Å²) in [5.74, 6) is 0.469. The van der Waals surface area contributed by atoms with Crippen LogP contribution in [0.5, 0.6) is 0 Å². The molecule has 26 heavy (non-hydrogen) atoms. The summed E-state index contributed by atoms with van der Waals surface area (Å²) < 4.78 is 1.40. The molecule has 0 aliphatic rings. The van der Waals surface area contributed by atoms with Crippen molar-refractivity contribution in [3.8, 4) is 0 Å². The van der Waals surface area contributed by atoms with Gasteiger partial charge in [0.1, 0.15) is 0 Å². The van der Waals surface area contributed by atoms with E-state index in [1.165, 1.54) is 16.4 Å². The Morgan fingerprint density at radius 2 is 2.27 bits per heavy atom. The highest BCUT2D eigenvalue weighted by Crippen LogP contribution is 2.15. The van der Waals surface area contributed by atoms with E-state index in [1.807, 2.05) is 39.0 Å². The van der Waals surface area contributed by atoms with Gasteiger partial charge in [-0.3, -0.25) is 9.78 Å². The van der Waals surface area contributed by atoms with Gasteiger partial charge >= 0.3 is 0 Å². The lowest BCUT2D eigenvalue weighted by molar-refractivity contribution is 0.0924. The van der Waals surface area contributed by atoms with Crippen molar-refractivity contribution in [3.05, 3.63) is 47.5 Å². The molecule has 0 spiro atoms. The Hall–Kier alpha value is -3.01. The van der Waals surface area contributed by atoms with Crippen LogP contribution < -0.4 is 5.43 Å². The van der Waals surface area contributed by atoms with Gasteiger partial charge in [0.05, 0.1) is 17.2 Å². The molecule has 0 aromatic carbocycles. The van der Waals surface area contributed by atoms with Gasteiger partial charge in [0, 0.05) is 23.7 Å². The summed E-state index contributed by atoms with van der Waals surface area (Å²) in [5, 5.41) is 15.7. The van der Waals surface area contributed by atoms with Crippen LogP contribution in [0.3, 0.4) is 0 Å². The molecular formula is C16H18N8OS. The Kier molecular flexibility index (Phi) is 5.42. The quantitative estimate of drug-likeness (QED) is 0.389. The van der Waals surface area contributed by atoms with Gasteiger partial charge in [0.2, 0.25) is 11.1 Å². The number of hydrogen-bond donors (Lipinski definition) is 2. The standard InChI is InChI=1S/C16H18N8OS/c1-10-7-11(2)24(23-10)14(25)9-26-16-18-15(21-22-16)20-19-12(3)13-5-4-6-17-8-13/h4-8H,9H2,1-3H3,(H2,18,20,21,22)/b19-12-. The van der Waals surface area contributed by atoms with Gasteiger partial charge in [-0.15, -0.1) is 5.10 Å². The maximum absolute atomic E-state index is 12.2. The van der Waals surface area contributed by atoms with Crippen LogP contribution in [0.4, 0.5) is 5.95 Å². The lowest BCUT2D eigenvalue weighted by Gasteiger charge is -2.01. The van der Waals surface area contributed by atoms with Crippen molar-refractivity contribution in [2.24, 2.45) is 5.10 Å². The van der Waals surface area contributed by atoms with Crippen LogP contribution in [-0.2, 0) is 0 Å². The number of carbonyl (C=O) groups is 1. The molecule has 3 aromatic heterocycles. The maximum Gasteiger partial charge on any atom is 0.257 e. The second-order valence-corrected chi connectivity index (χ2v) is 6.48. The second-order valence-electron chi connectivity index (χ2n) is 5.54. The Labute approximate surface area is 154 Å². The highest BCUT2D eigenvalue weighted by Gasteiger charge is 2.12. The molecule has 2 N–H and O–H groups in total. The third-order valence-corrected chi connectivity index (χ3v) is 4.28. The predicted octanol–water partition coefficient (Wildman–Crippen LogP) is 2.28. The molecule has 0 radical (unpaired) electrons. The van der Waals surface area contributed by atoms with E-state index in [4.69, 9.17) is 0 Å². The van der Waals surface area contributed by atoms with Crippen molar-refractivity contribution in [3.63, 3.8) is 0 Å². The molecule has 3 aromatic rings. The lowest BCUT2D eigenvalue weighted by Crippen LogP contribution is -2.16. The van der Waals surface area contributed by atoms with Crippen molar-refractivity contribution in [1.29, 1.82) is 0 Å². The fourth-order valence-electron chi connectivity index (χ4n) is 2.21. The number of hydrogen-bond acceptors (Lipinski definition) is 8. The SMILES string of the molecule is C/C(=N/Nc1nc(SCC(=O)n2nc(C)cc2C)n[nH]1)c1cccnc1. The Morgan fingerprint density at radius 3 is 2.96 bits per heavy atom. The number of aromatic amines is 1. The summed E-state index contributed by atoms with van der Waals surface area (Å²) in [6, 6.07) is 5.62. The number of thioether (sulfide) groups is 1.